The van der Waals surface area contributed by atoms with E-state index in [-0.39, 0.29) is 6.04 Å². The van der Waals surface area contributed by atoms with Gasteiger partial charge in [-0.05, 0) is 0 Å². The molecule has 0 saturated heterocycles. The van der Waals surface area contributed by atoms with Crippen LogP contribution < -0.4 is 0 Å². The Morgan fingerprint density at radius 2 is 1.71 bits per heavy atom. The third-order valence-corrected chi connectivity index (χ3v) is 4.65. The van der Waals surface area contributed by atoms with E-state index in [1.165, 1.54) is 0 Å². The molecule has 0 aliphatic carbocycles. The minimum absolute atomic E-state index is 0.243. The van der Waals surface area contributed by atoms with Crippen LogP contribution in [-0.2, 0) is 13.2 Å². The van der Waals surface area contributed by atoms with Crippen molar-refractivity contribution in [3.63, 3.8) is 0 Å². The molecule has 0 radical (unpaired) electrons. The monoisotopic (exact) mass is 310 g/mol. The summed E-state index contributed by atoms with van der Waals surface area (Å²) >= 11 is 0. The second-order valence-corrected chi connectivity index (χ2v) is 12.7. The molecule has 0 heterocycles. The van der Waals surface area contributed by atoms with Crippen molar-refractivity contribution in [3.05, 3.63) is 0 Å². The first kappa shape index (κ1) is 17.4. The molecule has 0 rings (SSSR count). The van der Waals surface area contributed by atoms with Gasteiger partial charge < -0.3 is 0 Å². The topological polar surface area (TPSA) is 35.5 Å². The molecule has 0 N–H and O–H groups in total. The fourth-order valence-corrected chi connectivity index (χ4v) is 3.61. The molecule has 0 spiro atoms. The second-order valence-electron chi connectivity index (χ2n) is 4.52. The van der Waals surface area contributed by atoms with E-state index in [0.717, 1.165) is 0 Å². The molecular formula is C6H16BF4O3PSi2. The standard InChI is InChI=1S/C6H16BF4O3PSi2/c1-5-16(12)6-7(14-17(2,3)4)13-15(8,9,10)11/h5-6H2,1-4H3. The summed E-state index contributed by atoms with van der Waals surface area (Å²) in [4.78, 5) is 0. The predicted molar refractivity (Wildman–Crippen MR) is 64.4 cm³/mol. The zero-order valence-electron chi connectivity index (χ0n) is 10.2. The van der Waals surface area contributed by atoms with E-state index in [1.807, 2.05) is 0 Å². The van der Waals surface area contributed by atoms with E-state index < -0.39 is 38.1 Å². The van der Waals surface area contributed by atoms with Gasteiger partial charge in [-0.1, -0.05) is 0 Å². The molecule has 102 valence electrons. The van der Waals surface area contributed by atoms with Crippen molar-refractivity contribution in [2.75, 3.05) is 0 Å². The van der Waals surface area contributed by atoms with E-state index in [2.05, 4.69) is 4.44 Å². The van der Waals surface area contributed by atoms with Gasteiger partial charge in [-0.2, -0.15) is 0 Å². The van der Waals surface area contributed by atoms with Gasteiger partial charge in [0.15, 0.2) is 0 Å². The Balaban J connectivity index is 4.70. The molecule has 0 fully saturated rings. The van der Waals surface area contributed by atoms with Gasteiger partial charge in [0.25, 0.3) is 0 Å². The van der Waals surface area contributed by atoms with Crippen LogP contribution in [0.4, 0.5) is 16.8 Å². The van der Waals surface area contributed by atoms with Crippen molar-refractivity contribution >= 4 is 32.2 Å². The number of rotatable bonds is 7. The van der Waals surface area contributed by atoms with Crippen LogP contribution in [0.2, 0.25) is 31.6 Å². The van der Waals surface area contributed by atoms with Gasteiger partial charge in [0.1, 0.15) is 0 Å². The molecular weight excluding hydrogens is 294 g/mol. The van der Waals surface area contributed by atoms with Gasteiger partial charge in [-0.3, -0.25) is 0 Å². The van der Waals surface area contributed by atoms with Gasteiger partial charge >= 0.3 is 101 Å². The molecule has 0 aliphatic rings. The molecule has 0 aromatic heterocycles. The summed E-state index contributed by atoms with van der Waals surface area (Å²) in [5.41, 5.74) is 0. The zero-order chi connectivity index (χ0) is 13.9. The quantitative estimate of drug-likeness (QED) is 0.399. The summed E-state index contributed by atoms with van der Waals surface area (Å²) in [7, 11) is -14.4. The summed E-state index contributed by atoms with van der Waals surface area (Å²) in [6, 6.07) is 0.243. The fraction of sp³-hybridized carbons (Fsp3) is 1.00. The van der Waals surface area contributed by atoms with Gasteiger partial charge in [0.05, 0.1) is 0 Å². The molecule has 17 heavy (non-hydrogen) atoms. The molecule has 0 aromatic rings. The molecule has 0 bridgehead atoms. The number of hydrogen-bond acceptors (Lipinski definition) is 3. The summed E-state index contributed by atoms with van der Waals surface area (Å²) in [6.07, 6.45) is 0. The second kappa shape index (κ2) is 5.56. The van der Waals surface area contributed by atoms with E-state index in [1.54, 1.807) is 26.6 Å². The minimum atomic E-state index is -8.09. The maximum atomic E-state index is 12.2. The van der Waals surface area contributed by atoms with Crippen molar-refractivity contribution in [3.8, 4) is 0 Å². The summed E-state index contributed by atoms with van der Waals surface area (Å²) in [5.74, 6) is -0.398. The van der Waals surface area contributed by atoms with Gasteiger partial charge in [0, 0.05) is 0 Å². The molecule has 0 aliphatic heterocycles. The molecule has 0 amide bonds. The van der Waals surface area contributed by atoms with Crippen LogP contribution in [0.25, 0.3) is 0 Å². The number of hydrogen-bond donors (Lipinski definition) is 0. The summed E-state index contributed by atoms with van der Waals surface area (Å²) < 4.78 is 68.6. The van der Waals surface area contributed by atoms with Crippen LogP contribution >= 0.6 is 8.07 Å². The van der Waals surface area contributed by atoms with Crippen molar-refractivity contribution < 1.29 is 30.0 Å². The third-order valence-electron chi connectivity index (χ3n) is 1.55. The van der Waals surface area contributed by atoms with Crippen LogP contribution in [0, 0.1) is 0 Å². The Kier molecular flexibility index (Phi) is 5.68. The van der Waals surface area contributed by atoms with Gasteiger partial charge in [0.2, 0.25) is 0 Å². The Morgan fingerprint density at radius 1 is 1.24 bits per heavy atom. The molecule has 11 heteroatoms. The Labute approximate surface area is 101 Å². The molecule has 0 aromatic carbocycles. The number of halogens is 4. The van der Waals surface area contributed by atoms with Crippen LogP contribution in [0.15, 0.2) is 0 Å². The van der Waals surface area contributed by atoms with Crippen molar-refractivity contribution in [2.24, 2.45) is 0 Å². The molecule has 3 nitrogen and oxygen atoms in total. The SMILES string of the molecule is CC[Si](=O)CB(O[Si](C)(C)C)OP(F)(F)(F)F. The zero-order valence-corrected chi connectivity index (χ0v) is 13.1. The van der Waals surface area contributed by atoms with Gasteiger partial charge in [-0.15, -0.1) is 0 Å². The van der Waals surface area contributed by atoms with Crippen molar-refractivity contribution in [1.82, 2.24) is 0 Å². The first-order valence-corrected chi connectivity index (χ1v) is 12.0. The molecule has 0 atom stereocenters. The Morgan fingerprint density at radius 3 is 2.00 bits per heavy atom. The summed E-state index contributed by atoms with van der Waals surface area (Å²) in [6.45, 7) is 6.53. The van der Waals surface area contributed by atoms with Gasteiger partial charge in [-0.25, -0.2) is 0 Å². The average molecular weight is 310 g/mol. The van der Waals surface area contributed by atoms with E-state index in [9.17, 15) is 21.2 Å². The van der Waals surface area contributed by atoms with E-state index >= 15 is 0 Å². The third kappa shape index (κ3) is 11.2. The van der Waals surface area contributed by atoms with Crippen LogP contribution in [0.3, 0.4) is 0 Å². The van der Waals surface area contributed by atoms with Crippen LogP contribution in [-0.4, -0.2) is 24.1 Å². The van der Waals surface area contributed by atoms with Crippen molar-refractivity contribution in [1.29, 1.82) is 0 Å². The first-order valence-electron chi connectivity index (χ1n) is 5.06. The van der Waals surface area contributed by atoms with E-state index in [0.29, 0.717) is 0 Å². The van der Waals surface area contributed by atoms with Crippen LogP contribution in [0.1, 0.15) is 6.92 Å². The normalized spacial score (nSPS) is 15.2. The predicted octanol–water partition coefficient (Wildman–Crippen LogP) is 4.33. The molecule has 0 saturated carbocycles. The summed E-state index contributed by atoms with van der Waals surface area (Å²) in [5, 5.41) is 0. The molecule has 0 unspecified atom stereocenters. The van der Waals surface area contributed by atoms with Crippen LogP contribution in [0.5, 0.6) is 0 Å². The average Bonchev–Trinajstić information content (AvgIpc) is 1.95. The maximum absolute atomic E-state index is 12.2. The van der Waals surface area contributed by atoms with E-state index in [4.69, 9.17) is 4.34 Å². The van der Waals surface area contributed by atoms with Crippen molar-refractivity contribution in [2.45, 2.75) is 38.6 Å². The first-order chi connectivity index (χ1) is 7.28. The Hall–Kier alpha value is 0.369. The fourth-order valence-electron chi connectivity index (χ4n) is 1.00. The Bertz CT molecular complexity index is 284.